The van der Waals surface area contributed by atoms with E-state index in [1.165, 1.54) is 0 Å². The van der Waals surface area contributed by atoms with Crippen LogP contribution in [-0.4, -0.2) is 15.6 Å². The van der Waals surface area contributed by atoms with Crippen LogP contribution in [0.4, 0.5) is 34.1 Å². The Morgan fingerprint density at radius 3 is 1.81 bits per heavy atom. The van der Waals surface area contributed by atoms with E-state index in [1.54, 1.807) is 60.7 Å². The second-order valence-corrected chi connectivity index (χ2v) is 10.4. The zero-order chi connectivity index (χ0) is 30.0. The number of hydrogen-bond donors (Lipinski definition) is 4. The lowest BCUT2D eigenvalue weighted by molar-refractivity contribution is -0.432. The summed E-state index contributed by atoms with van der Waals surface area (Å²) in [7, 11) is 0. The molecule has 5 aromatic rings. The average Bonchev–Trinajstić information content (AvgIpc) is 3.03. The van der Waals surface area contributed by atoms with E-state index >= 15 is 0 Å². The molecule has 0 bridgehead atoms. The van der Waals surface area contributed by atoms with E-state index in [1.807, 2.05) is 43.3 Å². The standard InChI is InChI=1S/C29H23N5O7S2/c1-18-2-4-20(5-3-18)30-24-12-15-26-19(16-24)17-27(43-41-39-37)28(29(26)35)34-33-22-8-6-21(7-9-22)31-32-23-10-13-25(14-11-23)42-40-38-36/h2-17,30,35-37H,1H3. The lowest BCUT2D eigenvalue weighted by atomic mass is 10.1. The fourth-order valence-electron chi connectivity index (χ4n) is 3.88. The maximum Gasteiger partial charge on any atom is 0.152 e. The first-order chi connectivity index (χ1) is 21.0. The van der Waals surface area contributed by atoms with Crippen molar-refractivity contribution in [2.75, 3.05) is 5.32 Å². The van der Waals surface area contributed by atoms with Crippen LogP contribution in [0.5, 0.6) is 5.75 Å². The highest BCUT2D eigenvalue weighted by Gasteiger charge is 2.15. The van der Waals surface area contributed by atoms with Crippen LogP contribution in [0.2, 0.25) is 0 Å². The lowest BCUT2D eigenvalue weighted by Gasteiger charge is -2.12. The van der Waals surface area contributed by atoms with Gasteiger partial charge in [-0.3, -0.25) is 0 Å². The minimum atomic E-state index is -0.113. The summed E-state index contributed by atoms with van der Waals surface area (Å²) in [5.41, 5.74) is 4.73. The molecule has 0 saturated carbocycles. The molecule has 43 heavy (non-hydrogen) atoms. The van der Waals surface area contributed by atoms with Crippen molar-refractivity contribution in [2.24, 2.45) is 20.5 Å². The summed E-state index contributed by atoms with van der Waals surface area (Å²) in [4.78, 5) is 1.07. The Balaban J connectivity index is 1.33. The van der Waals surface area contributed by atoms with Crippen LogP contribution in [0.15, 0.2) is 127 Å². The van der Waals surface area contributed by atoms with Crippen LogP contribution in [0.3, 0.4) is 0 Å². The topological polar surface area (TPSA) is 159 Å². The Morgan fingerprint density at radius 2 is 1.19 bits per heavy atom. The van der Waals surface area contributed by atoms with Gasteiger partial charge >= 0.3 is 0 Å². The van der Waals surface area contributed by atoms with Crippen molar-refractivity contribution in [3.63, 3.8) is 0 Å². The van der Waals surface area contributed by atoms with Gasteiger partial charge in [0.1, 0.15) is 5.69 Å². The third-order valence-electron chi connectivity index (χ3n) is 5.94. The second-order valence-electron chi connectivity index (χ2n) is 8.86. The molecule has 0 atom stereocenters. The van der Waals surface area contributed by atoms with Gasteiger partial charge in [0.15, 0.2) is 5.75 Å². The number of hydrogen-bond acceptors (Lipinski definition) is 14. The Labute approximate surface area is 253 Å². The minimum absolute atomic E-state index is 0.113. The summed E-state index contributed by atoms with van der Waals surface area (Å²) in [6.07, 6.45) is 0. The first-order valence-electron chi connectivity index (χ1n) is 12.5. The Hall–Kier alpha value is -4.38. The van der Waals surface area contributed by atoms with Gasteiger partial charge in [0.2, 0.25) is 0 Å². The summed E-state index contributed by atoms with van der Waals surface area (Å²) in [5.74, 6) is -0.113. The summed E-state index contributed by atoms with van der Waals surface area (Å²) < 4.78 is 9.04. The number of rotatable bonds is 12. The van der Waals surface area contributed by atoms with Crippen LogP contribution in [-0.2, 0) is 18.7 Å². The van der Waals surface area contributed by atoms with E-state index in [-0.39, 0.29) is 11.4 Å². The zero-order valence-corrected chi connectivity index (χ0v) is 24.0. The summed E-state index contributed by atoms with van der Waals surface area (Å²) >= 11 is 1.52. The van der Waals surface area contributed by atoms with E-state index in [0.717, 1.165) is 29.0 Å². The number of fused-ring (bicyclic) bond motifs is 1. The monoisotopic (exact) mass is 617 g/mol. The largest absolute Gasteiger partial charge is 0.505 e. The molecule has 0 spiro atoms. The van der Waals surface area contributed by atoms with Gasteiger partial charge in [-0.15, -0.1) is 13.8 Å². The van der Waals surface area contributed by atoms with Crippen molar-refractivity contribution in [3.05, 3.63) is 103 Å². The number of nitrogens with one attached hydrogen (secondary N) is 1. The number of benzene rings is 5. The van der Waals surface area contributed by atoms with Crippen LogP contribution >= 0.6 is 24.1 Å². The van der Waals surface area contributed by atoms with Gasteiger partial charge < -0.3 is 10.4 Å². The normalized spacial score (nSPS) is 11.6. The maximum absolute atomic E-state index is 11.1. The summed E-state index contributed by atoms with van der Waals surface area (Å²) in [5, 5.41) is 56.9. The maximum atomic E-state index is 11.1. The van der Waals surface area contributed by atoms with Gasteiger partial charge in [0.25, 0.3) is 0 Å². The van der Waals surface area contributed by atoms with Gasteiger partial charge in [-0.2, -0.15) is 15.3 Å². The predicted octanol–water partition coefficient (Wildman–Crippen LogP) is 10.3. The average molecular weight is 618 g/mol. The number of aromatic hydroxyl groups is 1. The van der Waals surface area contributed by atoms with Crippen LogP contribution < -0.4 is 5.32 Å². The number of phenolic OH excluding ortho intramolecular Hbond substituents is 1. The van der Waals surface area contributed by atoms with Gasteiger partial charge in [-0.1, -0.05) is 27.8 Å². The van der Waals surface area contributed by atoms with Crippen molar-refractivity contribution in [2.45, 2.75) is 16.7 Å². The molecule has 12 nitrogen and oxygen atoms in total. The molecule has 0 heterocycles. The van der Waals surface area contributed by atoms with Crippen molar-refractivity contribution < 1.29 is 34.4 Å². The fraction of sp³-hybridized carbons (Fsp3) is 0.0345. The van der Waals surface area contributed by atoms with E-state index in [0.29, 0.717) is 49.7 Å². The molecule has 14 heteroatoms. The third-order valence-corrected chi connectivity index (χ3v) is 7.15. The molecule has 218 valence electrons. The Kier molecular flexibility index (Phi) is 10.3. The highest BCUT2D eigenvalue weighted by Crippen LogP contribution is 2.44. The number of azo groups is 2. The van der Waals surface area contributed by atoms with E-state index in [9.17, 15) is 5.11 Å². The molecule has 0 aliphatic heterocycles. The van der Waals surface area contributed by atoms with Gasteiger partial charge in [-0.05, 0) is 97.2 Å². The molecule has 0 radical (unpaired) electrons. The first-order valence-corrected chi connectivity index (χ1v) is 14.0. The SMILES string of the molecule is Cc1ccc(Nc2ccc3c(O)c(N=Nc4ccc(N=Nc5ccc(SOOO)cc5)cc4)c(SOOO)cc3c2)cc1. The smallest absolute Gasteiger partial charge is 0.152 e. The first kappa shape index (κ1) is 30.1. The molecule has 0 aromatic heterocycles. The van der Waals surface area contributed by atoms with E-state index in [2.05, 4.69) is 44.5 Å². The molecule has 0 amide bonds. The molecule has 0 fully saturated rings. The molecule has 0 aliphatic carbocycles. The van der Waals surface area contributed by atoms with Crippen LogP contribution in [0, 0.1) is 6.92 Å². The lowest BCUT2D eigenvalue weighted by Crippen LogP contribution is -1.91. The van der Waals surface area contributed by atoms with E-state index < -0.39 is 0 Å². The van der Waals surface area contributed by atoms with Crippen molar-refractivity contribution in [3.8, 4) is 5.75 Å². The number of anilines is 2. The minimum Gasteiger partial charge on any atom is -0.505 e. The third kappa shape index (κ3) is 8.13. The van der Waals surface area contributed by atoms with Crippen LogP contribution in [0.1, 0.15) is 5.56 Å². The van der Waals surface area contributed by atoms with Crippen molar-refractivity contribution in [1.29, 1.82) is 0 Å². The van der Waals surface area contributed by atoms with Gasteiger partial charge in [0, 0.05) is 21.7 Å². The number of nitrogens with zero attached hydrogens (tertiary/aromatic N) is 4. The fourth-order valence-corrected chi connectivity index (χ4v) is 4.73. The molecule has 0 unspecified atom stereocenters. The highest BCUT2D eigenvalue weighted by atomic mass is 32.2. The summed E-state index contributed by atoms with van der Waals surface area (Å²) in [6, 6.07) is 29.0. The molecule has 0 saturated heterocycles. The number of phenols is 1. The Morgan fingerprint density at radius 1 is 0.628 bits per heavy atom. The summed E-state index contributed by atoms with van der Waals surface area (Å²) in [6.45, 7) is 2.02. The van der Waals surface area contributed by atoms with Crippen molar-refractivity contribution >= 4 is 69.0 Å². The predicted molar refractivity (Wildman–Crippen MR) is 163 cm³/mol. The molecule has 5 rings (SSSR count). The molecule has 5 aromatic carbocycles. The van der Waals surface area contributed by atoms with Gasteiger partial charge in [-0.25, -0.2) is 10.5 Å². The van der Waals surface area contributed by atoms with Gasteiger partial charge in [0.05, 0.1) is 46.0 Å². The van der Waals surface area contributed by atoms with Crippen LogP contribution in [0.25, 0.3) is 10.8 Å². The highest BCUT2D eigenvalue weighted by molar-refractivity contribution is 7.94. The number of aryl methyl sites for hydroxylation is 1. The quantitative estimate of drug-likeness (QED) is 0.0459. The molecular weight excluding hydrogens is 594 g/mol. The second kappa shape index (κ2) is 14.7. The van der Waals surface area contributed by atoms with E-state index in [4.69, 9.17) is 10.5 Å². The van der Waals surface area contributed by atoms with Crippen molar-refractivity contribution in [1.82, 2.24) is 0 Å². The molecule has 0 aliphatic rings. The Bertz CT molecular complexity index is 1740. The zero-order valence-electron chi connectivity index (χ0n) is 22.3. The molecule has 4 N–H and O–H groups in total. The molecular formula is C29H23N5O7S2.